The number of alkyl carbamates (subject to hydrolysis) is 1. The van der Waals surface area contributed by atoms with Gasteiger partial charge in [-0.1, -0.05) is 69.3 Å². The Bertz CT molecular complexity index is 990. The van der Waals surface area contributed by atoms with Gasteiger partial charge in [-0.15, -0.1) is 0 Å². The summed E-state index contributed by atoms with van der Waals surface area (Å²) in [5.74, 6) is -1.30. The molecule has 3 rings (SSSR count). The van der Waals surface area contributed by atoms with Gasteiger partial charge in [0.25, 0.3) is 0 Å². The lowest BCUT2D eigenvalue weighted by atomic mass is 9.91. The van der Waals surface area contributed by atoms with E-state index in [9.17, 15) is 19.5 Å². The van der Waals surface area contributed by atoms with Crippen molar-refractivity contribution in [1.82, 2.24) is 10.2 Å². The van der Waals surface area contributed by atoms with E-state index in [1.807, 2.05) is 38.1 Å². The van der Waals surface area contributed by atoms with E-state index in [2.05, 4.69) is 29.6 Å². The highest BCUT2D eigenvalue weighted by Gasteiger charge is 2.30. The van der Waals surface area contributed by atoms with Crippen LogP contribution in [0.5, 0.6) is 0 Å². The second kappa shape index (κ2) is 11.2. The van der Waals surface area contributed by atoms with Gasteiger partial charge in [-0.25, -0.2) is 9.59 Å². The van der Waals surface area contributed by atoms with Crippen molar-refractivity contribution in [3.63, 3.8) is 0 Å². The van der Waals surface area contributed by atoms with Gasteiger partial charge in [0.1, 0.15) is 12.6 Å². The Hall–Kier alpha value is -3.35. The van der Waals surface area contributed by atoms with E-state index in [0.717, 1.165) is 11.1 Å². The number of nitrogens with zero attached hydrogens (tertiary/aromatic N) is 1. The van der Waals surface area contributed by atoms with Crippen molar-refractivity contribution in [2.45, 2.75) is 45.6 Å². The molecule has 2 unspecified atom stereocenters. The number of carbonyl (C=O) groups is 3. The first-order valence-electron chi connectivity index (χ1n) is 11.8. The molecule has 2 aromatic rings. The van der Waals surface area contributed by atoms with E-state index in [1.165, 1.54) is 23.1 Å². The van der Waals surface area contributed by atoms with Crippen molar-refractivity contribution < 1.29 is 24.2 Å². The van der Waals surface area contributed by atoms with Crippen LogP contribution >= 0.6 is 0 Å². The molecular formula is C27H34N2O5. The number of aliphatic carboxylic acids is 1. The second-order valence-corrected chi connectivity index (χ2v) is 9.18. The van der Waals surface area contributed by atoms with Gasteiger partial charge in [0, 0.05) is 25.9 Å². The Morgan fingerprint density at radius 1 is 1.03 bits per heavy atom. The van der Waals surface area contributed by atoms with Gasteiger partial charge in [-0.3, -0.25) is 4.79 Å². The Kier molecular flexibility index (Phi) is 8.31. The minimum atomic E-state index is -1.02. The third-order valence-electron chi connectivity index (χ3n) is 6.76. The summed E-state index contributed by atoms with van der Waals surface area (Å²) in [5.41, 5.74) is 4.63. The maximum absolute atomic E-state index is 12.7. The molecule has 0 heterocycles. The standard InChI is InChI=1S/C27H34N2O5/c1-5-24(26(31)32)29(4)25(30)14-18(17(2)3)15-28-27(33)34-16-23-21-12-8-6-10-19(21)20-11-7-9-13-22(20)23/h6-13,17-18,23-24H,5,14-16H2,1-4H3,(H,28,33)(H,31,32). The summed E-state index contributed by atoms with van der Waals surface area (Å²) in [6.07, 6.45) is -0.0333. The van der Waals surface area contributed by atoms with Crippen molar-refractivity contribution >= 4 is 18.0 Å². The molecule has 7 nitrogen and oxygen atoms in total. The number of carbonyl (C=O) groups excluding carboxylic acids is 2. The molecule has 0 saturated heterocycles. The van der Waals surface area contributed by atoms with Crippen LogP contribution in [0.3, 0.4) is 0 Å². The quantitative estimate of drug-likeness (QED) is 0.537. The molecule has 2 atom stereocenters. The fourth-order valence-electron chi connectivity index (χ4n) is 4.56. The van der Waals surface area contributed by atoms with Crippen molar-refractivity contribution in [2.75, 3.05) is 20.2 Å². The molecule has 2 N–H and O–H groups in total. The Morgan fingerprint density at radius 3 is 2.09 bits per heavy atom. The van der Waals surface area contributed by atoms with Crippen LogP contribution in [-0.4, -0.2) is 54.2 Å². The molecule has 0 radical (unpaired) electrons. The highest BCUT2D eigenvalue weighted by molar-refractivity contribution is 5.83. The average Bonchev–Trinajstić information content (AvgIpc) is 3.14. The smallest absolute Gasteiger partial charge is 0.407 e. The van der Waals surface area contributed by atoms with Gasteiger partial charge in [-0.2, -0.15) is 0 Å². The fourth-order valence-corrected chi connectivity index (χ4v) is 4.56. The molecule has 1 aliphatic rings. The molecule has 7 heteroatoms. The molecule has 0 fully saturated rings. The van der Waals surface area contributed by atoms with Crippen LogP contribution in [0.1, 0.15) is 50.7 Å². The van der Waals surface area contributed by atoms with Crippen LogP contribution in [0, 0.1) is 11.8 Å². The molecule has 1 aliphatic carbocycles. The highest BCUT2D eigenvalue weighted by Crippen LogP contribution is 2.44. The number of benzene rings is 2. The van der Waals surface area contributed by atoms with E-state index in [1.54, 1.807) is 6.92 Å². The third-order valence-corrected chi connectivity index (χ3v) is 6.76. The summed E-state index contributed by atoms with van der Waals surface area (Å²) in [6, 6.07) is 15.5. The largest absolute Gasteiger partial charge is 0.480 e. The summed E-state index contributed by atoms with van der Waals surface area (Å²) in [6.45, 7) is 6.20. The van der Waals surface area contributed by atoms with Gasteiger partial charge in [0.05, 0.1) is 0 Å². The minimum absolute atomic E-state index is 0.0173. The van der Waals surface area contributed by atoms with E-state index in [0.29, 0.717) is 6.42 Å². The summed E-state index contributed by atoms with van der Waals surface area (Å²) in [5, 5.41) is 12.1. The SMILES string of the molecule is CCC(C(=O)O)N(C)C(=O)CC(CNC(=O)OCC1c2ccccc2-c2ccccc21)C(C)C. The van der Waals surface area contributed by atoms with E-state index in [-0.39, 0.29) is 43.2 Å². The van der Waals surface area contributed by atoms with Crippen LogP contribution in [0.25, 0.3) is 11.1 Å². The molecule has 0 spiro atoms. The summed E-state index contributed by atoms with van der Waals surface area (Å²) < 4.78 is 5.59. The predicted octanol–water partition coefficient (Wildman–Crippen LogP) is 4.51. The number of carboxylic acids is 1. The summed E-state index contributed by atoms with van der Waals surface area (Å²) in [7, 11) is 1.51. The summed E-state index contributed by atoms with van der Waals surface area (Å²) >= 11 is 0. The van der Waals surface area contributed by atoms with Crippen molar-refractivity contribution in [1.29, 1.82) is 0 Å². The topological polar surface area (TPSA) is 95.9 Å². The van der Waals surface area contributed by atoms with E-state index in [4.69, 9.17) is 4.74 Å². The number of hydrogen-bond acceptors (Lipinski definition) is 4. The maximum Gasteiger partial charge on any atom is 0.407 e. The first-order valence-corrected chi connectivity index (χ1v) is 11.8. The average molecular weight is 467 g/mol. The Balaban J connectivity index is 1.56. The Morgan fingerprint density at radius 2 is 1.59 bits per heavy atom. The van der Waals surface area contributed by atoms with Crippen LogP contribution in [-0.2, 0) is 14.3 Å². The van der Waals surface area contributed by atoms with Gasteiger partial charge in [-0.05, 0) is 40.5 Å². The van der Waals surface area contributed by atoms with Crippen LogP contribution in [0.4, 0.5) is 4.79 Å². The maximum atomic E-state index is 12.7. The summed E-state index contributed by atoms with van der Waals surface area (Å²) in [4.78, 5) is 37.8. The second-order valence-electron chi connectivity index (χ2n) is 9.18. The number of hydrogen-bond donors (Lipinski definition) is 2. The first kappa shape index (κ1) is 25.3. The molecular weight excluding hydrogens is 432 g/mol. The van der Waals surface area contributed by atoms with Crippen molar-refractivity contribution in [2.24, 2.45) is 11.8 Å². The number of carboxylic acid groups (broad SMARTS) is 1. The molecule has 0 aliphatic heterocycles. The third kappa shape index (κ3) is 5.58. The number of ether oxygens (including phenoxy) is 1. The predicted molar refractivity (Wildman–Crippen MR) is 131 cm³/mol. The number of fused-ring (bicyclic) bond motifs is 3. The van der Waals surface area contributed by atoms with Gasteiger partial charge < -0.3 is 20.1 Å². The lowest BCUT2D eigenvalue weighted by Gasteiger charge is -2.27. The number of amides is 2. The van der Waals surface area contributed by atoms with E-state index < -0.39 is 18.1 Å². The van der Waals surface area contributed by atoms with Gasteiger partial charge >= 0.3 is 12.1 Å². The normalized spacial score (nSPS) is 14.1. The van der Waals surface area contributed by atoms with Gasteiger partial charge in [0.2, 0.25) is 5.91 Å². The van der Waals surface area contributed by atoms with E-state index >= 15 is 0 Å². The molecule has 182 valence electrons. The first-order chi connectivity index (χ1) is 16.2. The highest BCUT2D eigenvalue weighted by atomic mass is 16.5. The number of rotatable bonds is 10. The zero-order valence-corrected chi connectivity index (χ0v) is 20.3. The Labute approximate surface area is 201 Å². The molecule has 0 aromatic heterocycles. The zero-order chi connectivity index (χ0) is 24.8. The zero-order valence-electron chi connectivity index (χ0n) is 20.3. The van der Waals surface area contributed by atoms with Crippen LogP contribution in [0.15, 0.2) is 48.5 Å². The monoisotopic (exact) mass is 466 g/mol. The lowest BCUT2D eigenvalue weighted by molar-refractivity contribution is -0.149. The fraction of sp³-hybridized carbons (Fsp3) is 0.444. The number of nitrogens with one attached hydrogen (secondary N) is 1. The molecule has 0 bridgehead atoms. The van der Waals surface area contributed by atoms with Crippen molar-refractivity contribution in [3.8, 4) is 11.1 Å². The molecule has 2 aromatic carbocycles. The molecule has 0 saturated carbocycles. The van der Waals surface area contributed by atoms with Gasteiger partial charge in [0.15, 0.2) is 0 Å². The molecule has 34 heavy (non-hydrogen) atoms. The van der Waals surface area contributed by atoms with Crippen LogP contribution < -0.4 is 5.32 Å². The lowest BCUT2D eigenvalue weighted by Crippen LogP contribution is -2.44. The number of likely N-dealkylation sites (N-methyl/N-ethyl adjacent to an activating group) is 1. The van der Waals surface area contributed by atoms with Crippen molar-refractivity contribution in [3.05, 3.63) is 59.7 Å². The van der Waals surface area contributed by atoms with Crippen LogP contribution in [0.2, 0.25) is 0 Å². The minimum Gasteiger partial charge on any atom is -0.480 e. The molecule has 2 amide bonds.